The predicted molar refractivity (Wildman–Crippen MR) is 347 cm³/mol. The molecule has 0 spiro atoms. The number of esters is 1. The van der Waals surface area contributed by atoms with Crippen LogP contribution in [0, 0.1) is 17.8 Å². The fraction of sp³-hybridized carbons (Fsp3) is 0.581. The number of primary amides is 1. The van der Waals surface area contributed by atoms with Gasteiger partial charge in [-0.25, -0.2) is 14.4 Å². The molecular weight excluding hydrogens is 1340 g/mol. The summed E-state index contributed by atoms with van der Waals surface area (Å²) in [6.07, 6.45) is 1.72. The van der Waals surface area contributed by atoms with Crippen molar-refractivity contribution in [2.24, 2.45) is 23.5 Å². The Hall–Kier alpha value is -6.85. The predicted octanol–water partition coefficient (Wildman–Crippen LogP) is 5.28. The zero-order chi connectivity index (χ0) is 67.7. The summed E-state index contributed by atoms with van der Waals surface area (Å²) in [5.41, 5.74) is 3.44. The van der Waals surface area contributed by atoms with Gasteiger partial charge < -0.3 is 76.2 Å². The van der Waals surface area contributed by atoms with E-state index in [9.17, 15) is 53.1 Å². The maximum atomic E-state index is 14.6. The Labute approximate surface area is 552 Å². The number of epoxide rings is 1. The van der Waals surface area contributed by atoms with Crippen LogP contribution < -0.4 is 52.6 Å². The van der Waals surface area contributed by atoms with Crippen LogP contribution in [-0.4, -0.2) is 182 Å². The Bertz CT molecular complexity index is 3060. The molecule has 0 unspecified atom stereocenters. The van der Waals surface area contributed by atoms with E-state index in [1.807, 2.05) is 13.0 Å². The number of benzene rings is 2. The number of amides is 10. The first-order valence-electron chi connectivity index (χ1n) is 30.0. The average Bonchev–Trinajstić information content (AvgIpc) is 1.58. The quantitative estimate of drug-likeness (QED) is 0.0250. The number of ether oxygens (including phenoxy) is 5. The lowest BCUT2D eigenvalue weighted by atomic mass is 9.83. The Morgan fingerprint density at radius 3 is 2.29 bits per heavy atom. The Balaban J connectivity index is 1.37. The van der Waals surface area contributed by atoms with E-state index in [1.54, 1.807) is 52.0 Å². The van der Waals surface area contributed by atoms with Gasteiger partial charge in [0.25, 0.3) is 11.8 Å². The summed E-state index contributed by atoms with van der Waals surface area (Å²) in [4.78, 5) is 138. The largest absolute Gasteiger partial charge is 0.495 e. The molecule has 2 aromatic carbocycles. The Morgan fingerprint density at radius 2 is 1.65 bits per heavy atom. The van der Waals surface area contributed by atoms with E-state index >= 15 is 0 Å². The second-order valence-electron chi connectivity index (χ2n) is 23.5. The third kappa shape index (κ3) is 20.1. The van der Waals surface area contributed by atoms with Crippen molar-refractivity contribution in [1.29, 1.82) is 0 Å². The van der Waals surface area contributed by atoms with Crippen LogP contribution >= 0.6 is 43.5 Å². The monoisotopic (exact) mass is 1420 g/mol. The standard InChI is InChI=1S/C62H87Br2ClN10O16/c1-33(2)51(72-48(76)20-13-12-14-23-68-53(78)39(31-63)32-64)56(81)71-42(18-16-24-69-59(66)84)55(80)70-41-22-21-38(28-40(41)54(79)67-7)57(82)74(8)36(5)58(83)90-47-29-49(77)75(9)43-26-37(27-44(87-10)50(43)65)25-34(3)17-15-19-46(88-11)62(86)30-45(89-60(85)73-62)35(4)52-61(47,6)91-52/h15,17,19,21-22,26-28,33,35-36,39,42,45-47,51-52,86H,12-14,16,18,20,23-25,29-32H2,1-11H3,(H,67,79)(H,68,78)(H,70,80)(H,71,81)(H,72,76)(H,73,85)(H3,66,69,84)/b19-15+,34-17+/t35-,36+,42+,45+,46-,47+,51+,52+,61+,62+/m1/s1. The highest BCUT2D eigenvalue weighted by Gasteiger charge is 2.64. The van der Waals surface area contributed by atoms with Crippen molar-refractivity contribution in [1.82, 2.24) is 36.8 Å². The lowest BCUT2D eigenvalue weighted by molar-refractivity contribution is -0.158. The van der Waals surface area contributed by atoms with Crippen LogP contribution in [0.3, 0.4) is 0 Å². The van der Waals surface area contributed by atoms with Crippen molar-refractivity contribution in [3.63, 3.8) is 0 Å². The van der Waals surface area contributed by atoms with E-state index in [1.165, 1.54) is 65.4 Å². The van der Waals surface area contributed by atoms with E-state index in [-0.39, 0.29) is 71.6 Å². The van der Waals surface area contributed by atoms with Gasteiger partial charge in [-0.2, -0.15) is 0 Å². The number of halogens is 3. The number of anilines is 2. The number of nitrogens with zero attached hydrogens (tertiary/aromatic N) is 2. The van der Waals surface area contributed by atoms with Crippen LogP contribution in [0.2, 0.25) is 5.02 Å². The average molecular weight is 1420 g/mol. The molecule has 10 atom stereocenters. The number of fused-ring (bicyclic) bond motifs is 5. The van der Waals surface area contributed by atoms with Crippen LogP contribution in [0.15, 0.2) is 54.1 Å². The van der Waals surface area contributed by atoms with E-state index in [0.717, 1.165) is 16.0 Å². The number of methoxy groups -OCH3 is 2. The topological polar surface area (TPSA) is 357 Å². The first-order chi connectivity index (χ1) is 43.0. The number of hydrogen-bond acceptors (Lipinski definition) is 16. The van der Waals surface area contributed by atoms with Crippen molar-refractivity contribution in [2.45, 2.75) is 153 Å². The first kappa shape index (κ1) is 74.9. The molecule has 10 amide bonds. The van der Waals surface area contributed by atoms with Crippen LogP contribution in [-0.2, 0) is 54.1 Å². The molecule has 2 aromatic rings. The van der Waals surface area contributed by atoms with Gasteiger partial charge in [-0.05, 0) is 94.7 Å². The number of likely N-dealkylation sites (N-methyl/N-ethyl adjacent to an activating group) is 1. The summed E-state index contributed by atoms with van der Waals surface area (Å²) in [5, 5.41) is 31.6. The number of unbranched alkanes of at least 4 members (excludes halogenated alkanes) is 2. The van der Waals surface area contributed by atoms with Gasteiger partial charge in [-0.15, -0.1) is 0 Å². The van der Waals surface area contributed by atoms with Gasteiger partial charge in [0.05, 0.1) is 42.5 Å². The summed E-state index contributed by atoms with van der Waals surface area (Å²) in [7, 11) is 7.00. The molecule has 0 aliphatic carbocycles. The highest BCUT2D eigenvalue weighted by molar-refractivity contribution is 9.09. The molecule has 5 rings (SSSR count). The third-order valence-electron chi connectivity index (χ3n) is 16.4. The van der Waals surface area contributed by atoms with E-state index in [2.05, 4.69) is 69.1 Å². The molecule has 91 heavy (non-hydrogen) atoms. The zero-order valence-corrected chi connectivity index (χ0v) is 57.2. The van der Waals surface area contributed by atoms with Crippen LogP contribution in [0.1, 0.15) is 119 Å². The molecule has 26 nitrogen and oxygen atoms in total. The molecule has 29 heteroatoms. The number of carbonyl (C=O) groups is 10. The number of alkyl halides is 2. The van der Waals surface area contributed by atoms with Gasteiger partial charge >= 0.3 is 18.1 Å². The van der Waals surface area contributed by atoms with Gasteiger partial charge in [0.15, 0.2) is 5.72 Å². The number of alkyl carbamates (subject to hydrolysis) is 1. The molecule has 0 radical (unpaired) electrons. The molecule has 0 saturated carbocycles. The maximum Gasteiger partial charge on any atom is 0.409 e. The highest BCUT2D eigenvalue weighted by Crippen LogP contribution is 2.49. The number of allylic oxidation sites excluding steroid dienone is 3. The van der Waals surface area contributed by atoms with Gasteiger partial charge in [0.2, 0.25) is 29.5 Å². The zero-order valence-electron chi connectivity index (χ0n) is 53.3. The molecule has 3 heterocycles. The lowest BCUT2D eigenvalue weighted by Gasteiger charge is -2.42. The Kier molecular flexibility index (Phi) is 28.1. The fourth-order valence-corrected chi connectivity index (χ4v) is 12.6. The Morgan fingerprint density at radius 1 is 0.956 bits per heavy atom. The number of nitrogens with one attached hydrogen (secondary N) is 7. The number of aliphatic hydroxyl groups is 1. The van der Waals surface area contributed by atoms with Crippen molar-refractivity contribution < 1.29 is 76.7 Å². The lowest BCUT2D eigenvalue weighted by Crippen LogP contribution is -2.63. The number of rotatable bonds is 26. The SMILES string of the molecule is CNC(=O)c1cc(C(=O)N(C)[C@@H](C)C(=O)O[C@H]2CC(=O)N(C)c3cc(cc(OC)c3Cl)C/C(C)=C/C=C/[C@@H](OC)[C@@]3(O)C[C@H](OC(=O)N3)[C@@H](C)[C@@H]3O[C@@]23C)ccc1NC(=O)[C@H](CCCNC(N)=O)NC(=O)[C@@H](NC(=O)CCCCCNC(=O)C(CBr)CBr)C(C)C. The summed E-state index contributed by atoms with van der Waals surface area (Å²) >= 11 is 13.5. The summed E-state index contributed by atoms with van der Waals surface area (Å²) in [6.45, 7) is 10.6. The minimum atomic E-state index is -1.94. The number of nitrogens with two attached hydrogens (primary N) is 1. The minimum Gasteiger partial charge on any atom is -0.495 e. The molecule has 502 valence electrons. The van der Waals surface area contributed by atoms with Gasteiger partial charge in [0, 0.05) is 76.3 Å². The maximum absolute atomic E-state index is 14.6. The molecule has 4 bridgehead atoms. The van der Waals surface area contributed by atoms with Crippen LogP contribution in [0.4, 0.5) is 21.0 Å². The third-order valence-corrected chi connectivity index (χ3v) is 18.4. The smallest absolute Gasteiger partial charge is 0.409 e. The van der Waals surface area contributed by atoms with Crippen LogP contribution in [0.25, 0.3) is 0 Å². The second kappa shape index (κ2) is 34.2. The fourth-order valence-electron chi connectivity index (χ4n) is 10.7. The molecule has 2 fully saturated rings. The highest BCUT2D eigenvalue weighted by atomic mass is 79.9. The molecule has 3 aliphatic rings. The molecule has 2 saturated heterocycles. The first-order valence-corrected chi connectivity index (χ1v) is 32.7. The minimum absolute atomic E-state index is 0.0368. The van der Waals surface area contributed by atoms with Crippen molar-refractivity contribution in [2.75, 3.05) is 69.3 Å². The van der Waals surface area contributed by atoms with Crippen molar-refractivity contribution >= 4 is 114 Å². The second-order valence-corrected chi connectivity index (χ2v) is 25.2. The summed E-state index contributed by atoms with van der Waals surface area (Å²) in [5.74, 6) is -6.00. The van der Waals surface area contributed by atoms with Crippen molar-refractivity contribution in [3.8, 4) is 5.75 Å². The normalized spacial score (nSPS) is 23.5. The molecular formula is C62H87Br2ClN10O16. The van der Waals surface area contributed by atoms with E-state index < -0.39 is 126 Å². The number of urea groups is 1. The van der Waals surface area contributed by atoms with Gasteiger partial charge in [-0.3, -0.25) is 38.9 Å². The van der Waals surface area contributed by atoms with E-state index in [0.29, 0.717) is 48.6 Å². The number of carbonyl (C=O) groups excluding carboxylic acids is 10. The van der Waals surface area contributed by atoms with E-state index in [4.69, 9.17) is 41.0 Å². The number of hydrogen-bond donors (Lipinski definition) is 9. The summed E-state index contributed by atoms with van der Waals surface area (Å²) in [6, 6.07) is 2.76. The van der Waals surface area contributed by atoms with Crippen LogP contribution in [0.5, 0.6) is 5.75 Å². The van der Waals surface area contributed by atoms with Gasteiger partial charge in [-0.1, -0.05) is 94.5 Å². The van der Waals surface area contributed by atoms with Crippen molar-refractivity contribution in [3.05, 3.63) is 75.8 Å². The van der Waals surface area contributed by atoms with Gasteiger partial charge in [0.1, 0.15) is 52.8 Å². The molecule has 10 N–H and O–H groups in total. The summed E-state index contributed by atoms with van der Waals surface area (Å²) < 4.78 is 29.6. The molecule has 3 aliphatic heterocycles. The molecule has 0 aromatic heterocycles.